The molecule has 0 spiro atoms. The predicted octanol–water partition coefficient (Wildman–Crippen LogP) is 0.754. The van der Waals surface area contributed by atoms with Crippen molar-refractivity contribution in [1.82, 2.24) is 9.96 Å². The van der Waals surface area contributed by atoms with E-state index in [4.69, 9.17) is 9.57 Å². The average molecular weight is 210 g/mol. The molecule has 82 valence electrons. The Morgan fingerprint density at radius 2 is 2.53 bits per heavy atom. The summed E-state index contributed by atoms with van der Waals surface area (Å²) in [7, 11) is 1.61. The van der Waals surface area contributed by atoms with E-state index in [0.717, 1.165) is 5.76 Å². The van der Waals surface area contributed by atoms with Crippen molar-refractivity contribution in [2.75, 3.05) is 26.8 Å². The summed E-state index contributed by atoms with van der Waals surface area (Å²) in [5.74, 6) is 0.793. The summed E-state index contributed by atoms with van der Waals surface area (Å²) in [5, 5.41) is 1.37. The molecule has 2 bridgehead atoms. The van der Waals surface area contributed by atoms with Crippen LogP contribution in [-0.2, 0) is 9.57 Å². The Balaban J connectivity index is 2.13. The summed E-state index contributed by atoms with van der Waals surface area (Å²) in [4.78, 5) is 18.8. The normalized spacial score (nSPS) is 24.2. The summed E-state index contributed by atoms with van der Waals surface area (Å²) in [5.41, 5.74) is 0. The van der Waals surface area contributed by atoms with Gasteiger partial charge in [0.15, 0.2) is 0 Å². The lowest BCUT2D eigenvalue weighted by Crippen LogP contribution is -2.35. The number of carbonyl (C=O) groups is 1. The van der Waals surface area contributed by atoms with E-state index in [1.165, 1.54) is 5.06 Å². The number of ether oxygens (including phenoxy) is 1. The molecule has 1 atom stereocenters. The Labute approximate surface area is 88.5 Å². The van der Waals surface area contributed by atoms with Crippen LogP contribution in [0.1, 0.15) is 0 Å². The maximum absolute atomic E-state index is 11.8. The van der Waals surface area contributed by atoms with Crippen LogP contribution in [0.3, 0.4) is 0 Å². The number of hydroxylamine groups is 2. The Bertz CT molecular complexity index is 314. The molecule has 2 aliphatic rings. The van der Waals surface area contributed by atoms with E-state index < -0.39 is 0 Å². The van der Waals surface area contributed by atoms with Crippen molar-refractivity contribution in [3.63, 3.8) is 0 Å². The second-order valence-electron chi connectivity index (χ2n) is 3.42. The van der Waals surface area contributed by atoms with Crippen LogP contribution in [0.2, 0.25) is 0 Å². The Kier molecular flexibility index (Phi) is 2.64. The van der Waals surface area contributed by atoms with Crippen LogP contribution in [0.15, 0.2) is 24.5 Å². The fourth-order valence-corrected chi connectivity index (χ4v) is 1.83. The Morgan fingerprint density at radius 3 is 3.20 bits per heavy atom. The minimum Gasteiger partial charge on any atom is -0.499 e. The van der Waals surface area contributed by atoms with Gasteiger partial charge in [-0.15, -0.1) is 6.58 Å². The molecule has 0 saturated carbocycles. The molecule has 2 heterocycles. The molecule has 0 radical (unpaired) electrons. The number of hydrogen-bond acceptors (Lipinski definition) is 3. The molecule has 0 aromatic heterocycles. The SMILES string of the molecule is C=CCON1C(=O)N2CC=C(OC)[C@H]1C2. The smallest absolute Gasteiger partial charge is 0.345 e. The highest BCUT2D eigenvalue weighted by Crippen LogP contribution is 2.26. The molecule has 2 aliphatic heterocycles. The molecule has 2 amide bonds. The molecule has 2 rings (SSSR count). The maximum Gasteiger partial charge on any atom is 0.345 e. The summed E-state index contributed by atoms with van der Waals surface area (Å²) in [6, 6.07) is -0.221. The molecule has 0 aromatic rings. The largest absolute Gasteiger partial charge is 0.499 e. The summed E-state index contributed by atoms with van der Waals surface area (Å²) >= 11 is 0. The maximum atomic E-state index is 11.8. The van der Waals surface area contributed by atoms with Gasteiger partial charge in [0, 0.05) is 6.54 Å². The number of urea groups is 1. The van der Waals surface area contributed by atoms with Crippen LogP contribution in [0, 0.1) is 0 Å². The first-order valence-corrected chi connectivity index (χ1v) is 4.84. The van der Waals surface area contributed by atoms with Gasteiger partial charge in [-0.25, -0.2) is 4.79 Å². The lowest BCUT2D eigenvalue weighted by atomic mass is 10.2. The molecule has 15 heavy (non-hydrogen) atoms. The third-order valence-electron chi connectivity index (χ3n) is 2.54. The molecule has 0 unspecified atom stereocenters. The average Bonchev–Trinajstić information content (AvgIpc) is 2.51. The van der Waals surface area contributed by atoms with Gasteiger partial charge in [-0.1, -0.05) is 6.08 Å². The fraction of sp³-hybridized carbons (Fsp3) is 0.500. The van der Waals surface area contributed by atoms with Gasteiger partial charge in [0.05, 0.1) is 20.3 Å². The highest BCUT2D eigenvalue weighted by Gasteiger charge is 2.43. The van der Waals surface area contributed by atoms with Crippen molar-refractivity contribution in [2.45, 2.75) is 6.04 Å². The summed E-state index contributed by atoms with van der Waals surface area (Å²) in [6.45, 7) is 5.10. The molecule has 0 N–H and O–H groups in total. The van der Waals surface area contributed by atoms with Crippen LogP contribution >= 0.6 is 0 Å². The lowest BCUT2D eigenvalue weighted by Gasteiger charge is -2.23. The van der Waals surface area contributed by atoms with Crippen molar-refractivity contribution >= 4 is 6.03 Å². The van der Waals surface area contributed by atoms with Gasteiger partial charge < -0.3 is 9.64 Å². The van der Waals surface area contributed by atoms with Gasteiger partial charge in [-0.3, -0.25) is 4.84 Å². The van der Waals surface area contributed by atoms with Crippen LogP contribution in [0.25, 0.3) is 0 Å². The lowest BCUT2D eigenvalue weighted by molar-refractivity contribution is -0.116. The van der Waals surface area contributed by atoms with E-state index in [1.807, 2.05) is 6.08 Å². The number of hydrogen-bond donors (Lipinski definition) is 0. The third-order valence-corrected chi connectivity index (χ3v) is 2.54. The molecular weight excluding hydrogens is 196 g/mol. The molecule has 1 saturated heterocycles. The zero-order chi connectivity index (χ0) is 10.8. The van der Waals surface area contributed by atoms with Gasteiger partial charge in [-0.2, -0.15) is 5.06 Å². The second-order valence-corrected chi connectivity index (χ2v) is 3.42. The van der Waals surface area contributed by atoms with E-state index in [0.29, 0.717) is 19.7 Å². The monoisotopic (exact) mass is 210 g/mol. The first kappa shape index (κ1) is 10.0. The highest BCUT2D eigenvalue weighted by molar-refractivity contribution is 5.77. The van der Waals surface area contributed by atoms with Gasteiger partial charge in [0.2, 0.25) is 0 Å². The Hall–Kier alpha value is -1.49. The second kappa shape index (κ2) is 3.94. The van der Waals surface area contributed by atoms with Crippen molar-refractivity contribution < 1.29 is 14.4 Å². The number of rotatable bonds is 4. The van der Waals surface area contributed by atoms with E-state index in [-0.39, 0.29) is 12.1 Å². The van der Waals surface area contributed by atoms with Gasteiger partial charge >= 0.3 is 6.03 Å². The molecule has 5 nitrogen and oxygen atoms in total. The molecule has 0 aliphatic carbocycles. The molecule has 1 fully saturated rings. The van der Waals surface area contributed by atoms with Gasteiger partial charge in [0.25, 0.3) is 0 Å². The highest BCUT2D eigenvalue weighted by atomic mass is 16.7. The molecule has 0 aromatic carbocycles. The summed E-state index contributed by atoms with van der Waals surface area (Å²) in [6.07, 6.45) is 3.52. The number of nitrogens with zero attached hydrogens (tertiary/aromatic N) is 2. The topological polar surface area (TPSA) is 42.0 Å². The van der Waals surface area contributed by atoms with E-state index in [9.17, 15) is 4.79 Å². The van der Waals surface area contributed by atoms with Crippen molar-refractivity contribution in [3.05, 3.63) is 24.5 Å². The Morgan fingerprint density at radius 1 is 1.73 bits per heavy atom. The number of methoxy groups -OCH3 is 1. The third kappa shape index (κ3) is 1.59. The minimum absolute atomic E-state index is 0.106. The summed E-state index contributed by atoms with van der Waals surface area (Å²) < 4.78 is 5.21. The van der Waals surface area contributed by atoms with Crippen molar-refractivity contribution in [2.24, 2.45) is 0 Å². The standard InChI is InChI=1S/C10H14N2O3/c1-3-6-15-12-8-7-11(10(12)13)5-4-9(8)14-2/h3-4,8H,1,5-7H2,2H3/t8-/m1/s1. The van der Waals surface area contributed by atoms with Crippen LogP contribution in [0.5, 0.6) is 0 Å². The van der Waals surface area contributed by atoms with Gasteiger partial charge in [0.1, 0.15) is 11.8 Å². The molecule has 5 heteroatoms. The van der Waals surface area contributed by atoms with E-state index in [2.05, 4.69) is 6.58 Å². The van der Waals surface area contributed by atoms with Crippen LogP contribution in [0.4, 0.5) is 4.79 Å². The first-order valence-electron chi connectivity index (χ1n) is 4.84. The number of fused-ring (bicyclic) bond motifs is 2. The zero-order valence-electron chi connectivity index (χ0n) is 8.68. The number of carbonyl (C=O) groups excluding carboxylic acids is 1. The minimum atomic E-state index is -0.115. The quantitative estimate of drug-likeness (QED) is 0.643. The fourth-order valence-electron chi connectivity index (χ4n) is 1.83. The predicted molar refractivity (Wildman–Crippen MR) is 53.8 cm³/mol. The van der Waals surface area contributed by atoms with Crippen LogP contribution < -0.4 is 0 Å². The number of amides is 2. The first-order chi connectivity index (χ1) is 7.27. The van der Waals surface area contributed by atoms with Crippen LogP contribution in [-0.4, -0.2) is 48.8 Å². The van der Waals surface area contributed by atoms with Crippen molar-refractivity contribution in [1.29, 1.82) is 0 Å². The van der Waals surface area contributed by atoms with E-state index >= 15 is 0 Å². The van der Waals surface area contributed by atoms with Gasteiger partial charge in [-0.05, 0) is 6.08 Å². The van der Waals surface area contributed by atoms with Crippen molar-refractivity contribution in [3.8, 4) is 0 Å². The van der Waals surface area contributed by atoms with E-state index in [1.54, 1.807) is 18.1 Å². The molecular formula is C10H14N2O3. The zero-order valence-corrected chi connectivity index (χ0v) is 8.68.